The van der Waals surface area contributed by atoms with Gasteiger partial charge in [-0.3, -0.25) is 0 Å². The third kappa shape index (κ3) is 7.85. The maximum Gasteiger partial charge on any atom is 0.179 e. The van der Waals surface area contributed by atoms with E-state index < -0.39 is 54.5 Å². The molecule has 6 atom stereocenters. The monoisotopic (exact) mass is 786 g/mol. The lowest BCUT2D eigenvalue weighted by Crippen LogP contribution is -2.42. The lowest BCUT2D eigenvalue weighted by molar-refractivity contribution is 0.0173. The zero-order valence-corrected chi connectivity index (χ0v) is 34.3. The van der Waals surface area contributed by atoms with Crippen LogP contribution in [0.25, 0.3) is 0 Å². The van der Waals surface area contributed by atoms with E-state index in [9.17, 15) is 27.0 Å². The molecule has 6 rings (SSSR count). The number of rotatable bonds is 12. The van der Waals surface area contributed by atoms with Crippen LogP contribution < -0.4 is 11.5 Å². The maximum atomic E-state index is 13.9. The smallest absolute Gasteiger partial charge is 0.179 e. The first-order valence-electron chi connectivity index (χ1n) is 19.9. The number of fused-ring (bicyclic) bond motifs is 2. The van der Waals surface area contributed by atoms with Crippen LogP contribution in [0.5, 0.6) is 0 Å². The highest BCUT2D eigenvalue weighted by Crippen LogP contribution is 2.51. The fourth-order valence-corrected chi connectivity index (χ4v) is 13.9. The molecule has 2 heterocycles. The summed E-state index contributed by atoms with van der Waals surface area (Å²) in [6.45, 7) is 8.11. The molecule has 8 nitrogen and oxygen atoms in total. The molecule has 4 aromatic rings. The summed E-state index contributed by atoms with van der Waals surface area (Å²) < 4.78 is 55.5. The number of benzene rings is 4. The van der Waals surface area contributed by atoms with Crippen LogP contribution in [-0.4, -0.2) is 50.8 Å². The Bertz CT molecular complexity index is 2050. The Balaban J connectivity index is 1.33. The van der Waals surface area contributed by atoms with Crippen molar-refractivity contribution in [3.63, 3.8) is 0 Å². The van der Waals surface area contributed by atoms with Gasteiger partial charge in [0.05, 0.1) is 33.5 Å². The van der Waals surface area contributed by atoms with Crippen molar-refractivity contribution in [1.82, 2.24) is 0 Å². The van der Waals surface area contributed by atoms with Gasteiger partial charge in [0, 0.05) is 34.0 Å². The van der Waals surface area contributed by atoms with E-state index in [-0.39, 0.29) is 21.3 Å². The van der Waals surface area contributed by atoms with E-state index in [2.05, 4.69) is 13.8 Å². The molecule has 4 aromatic carbocycles. The Morgan fingerprint density at radius 1 is 0.582 bits per heavy atom. The highest BCUT2D eigenvalue weighted by Gasteiger charge is 2.50. The van der Waals surface area contributed by atoms with E-state index in [0.717, 1.165) is 47.9 Å². The molecule has 2 aliphatic heterocycles. The van der Waals surface area contributed by atoms with Crippen LogP contribution in [-0.2, 0) is 26.1 Å². The molecule has 0 bridgehead atoms. The standard InChI is InChI=1S/C45H58N2O6S2/c1-5-9-23-44(7-3)28-54(50,51)38-21-19-34(46)26-36(38)40(42(44)48)32-15-11-30(12-16-32)25-31-13-17-33(18-14-31)41-37-27-35(47)20-22-39(37)55(52,53)29-45(8-4,43(41)49)24-10-6-2/h11-22,26-27,40-43,48-49H,5-10,23-25,28-29,46-47H2,1-4H3/t40-,41-,42-,43-,44+,45+/m1/s1. The Kier molecular flexibility index (Phi) is 11.9. The second-order valence-corrected chi connectivity index (χ2v) is 20.2. The van der Waals surface area contributed by atoms with Crippen molar-refractivity contribution < 1.29 is 27.0 Å². The fraction of sp³-hybridized carbons (Fsp3) is 0.467. The van der Waals surface area contributed by atoms with Crippen molar-refractivity contribution in [2.75, 3.05) is 23.0 Å². The summed E-state index contributed by atoms with van der Waals surface area (Å²) >= 11 is 0. The summed E-state index contributed by atoms with van der Waals surface area (Å²) in [5, 5.41) is 24.4. The average molecular weight is 787 g/mol. The SMILES string of the molecule is CCCC[C@@]1(CC)CS(=O)(=O)c2ccc(N)cc2[C@@H](c2ccc(Cc3ccc([C@@H]4c5cc(N)ccc5S(=O)(=O)C[C@](CC)(CCCC)[C@@H]4O)cc3)cc2)[C@H]1O. The van der Waals surface area contributed by atoms with E-state index in [1.165, 1.54) is 0 Å². The number of aliphatic hydroxyl groups is 2. The van der Waals surface area contributed by atoms with E-state index in [1.807, 2.05) is 62.4 Å². The van der Waals surface area contributed by atoms with Gasteiger partial charge in [0.25, 0.3) is 0 Å². The number of hydrogen-bond acceptors (Lipinski definition) is 8. The molecular weight excluding hydrogens is 729 g/mol. The molecule has 0 spiro atoms. The molecule has 6 N–H and O–H groups in total. The van der Waals surface area contributed by atoms with E-state index >= 15 is 0 Å². The van der Waals surface area contributed by atoms with Crippen molar-refractivity contribution in [3.8, 4) is 0 Å². The minimum Gasteiger partial charge on any atom is -0.399 e. The molecule has 0 unspecified atom stereocenters. The third-order valence-corrected chi connectivity index (χ3v) is 16.8. The molecule has 0 aromatic heterocycles. The van der Waals surface area contributed by atoms with Gasteiger partial charge in [-0.05, 0) is 102 Å². The summed E-state index contributed by atoms with van der Waals surface area (Å²) in [7, 11) is -7.38. The summed E-state index contributed by atoms with van der Waals surface area (Å²) in [6.07, 6.45) is 4.49. The average Bonchev–Trinajstić information content (AvgIpc) is 3.27. The second kappa shape index (κ2) is 16.0. The molecule has 0 aliphatic carbocycles. The van der Waals surface area contributed by atoms with Gasteiger partial charge in [-0.15, -0.1) is 0 Å². The Morgan fingerprint density at radius 2 is 0.945 bits per heavy atom. The lowest BCUT2D eigenvalue weighted by atomic mass is 9.69. The highest BCUT2D eigenvalue weighted by molar-refractivity contribution is 7.91. The van der Waals surface area contributed by atoms with Crippen molar-refractivity contribution in [3.05, 3.63) is 118 Å². The van der Waals surface area contributed by atoms with E-state index in [0.29, 0.717) is 54.6 Å². The number of unbranched alkanes of at least 4 members (excludes halogenated alkanes) is 2. The van der Waals surface area contributed by atoms with Crippen molar-refractivity contribution >= 4 is 31.0 Å². The highest BCUT2D eigenvalue weighted by atomic mass is 32.2. The largest absolute Gasteiger partial charge is 0.399 e. The summed E-state index contributed by atoms with van der Waals surface area (Å²) in [5.74, 6) is -1.35. The molecule has 55 heavy (non-hydrogen) atoms. The molecule has 0 saturated heterocycles. The summed E-state index contributed by atoms with van der Waals surface area (Å²) in [6, 6.07) is 26.0. The number of sulfone groups is 2. The predicted octanol–water partition coefficient (Wildman–Crippen LogP) is 8.18. The minimum absolute atomic E-state index is 0.107. The lowest BCUT2D eigenvalue weighted by Gasteiger charge is -2.39. The first-order valence-corrected chi connectivity index (χ1v) is 23.2. The van der Waals surface area contributed by atoms with E-state index in [4.69, 9.17) is 11.5 Å². The third-order valence-electron chi connectivity index (χ3n) is 12.8. The van der Waals surface area contributed by atoms with Crippen LogP contribution in [0.3, 0.4) is 0 Å². The molecule has 0 fully saturated rings. The van der Waals surface area contributed by atoms with Gasteiger partial charge in [0.15, 0.2) is 19.7 Å². The van der Waals surface area contributed by atoms with Crippen molar-refractivity contribution in [2.24, 2.45) is 10.8 Å². The molecule has 296 valence electrons. The quantitative estimate of drug-likeness (QED) is 0.105. The van der Waals surface area contributed by atoms with Gasteiger partial charge in [0.2, 0.25) is 0 Å². The number of hydrogen-bond donors (Lipinski definition) is 4. The van der Waals surface area contributed by atoms with Crippen LogP contribution in [0.2, 0.25) is 0 Å². The molecule has 10 heteroatoms. The molecule has 2 aliphatic rings. The van der Waals surface area contributed by atoms with Crippen LogP contribution >= 0.6 is 0 Å². The minimum atomic E-state index is -3.69. The van der Waals surface area contributed by atoms with Crippen LogP contribution in [0.1, 0.15) is 124 Å². The van der Waals surface area contributed by atoms with Crippen LogP contribution in [0.4, 0.5) is 11.4 Å². The normalized spacial score (nSPS) is 27.0. The van der Waals surface area contributed by atoms with Crippen LogP contribution in [0.15, 0.2) is 94.7 Å². The van der Waals surface area contributed by atoms with Crippen molar-refractivity contribution in [1.29, 1.82) is 0 Å². The summed E-state index contributed by atoms with van der Waals surface area (Å²) in [5.41, 5.74) is 16.6. The maximum absolute atomic E-state index is 13.9. The molecule has 0 amide bonds. The zero-order valence-electron chi connectivity index (χ0n) is 32.7. The van der Waals surface area contributed by atoms with E-state index in [1.54, 1.807) is 36.4 Å². The Labute approximate surface area is 328 Å². The van der Waals surface area contributed by atoms with Crippen LogP contribution in [0, 0.1) is 10.8 Å². The van der Waals surface area contributed by atoms with Gasteiger partial charge >= 0.3 is 0 Å². The van der Waals surface area contributed by atoms with Gasteiger partial charge < -0.3 is 21.7 Å². The molecule has 0 saturated carbocycles. The second-order valence-electron chi connectivity index (χ2n) is 16.3. The van der Waals surface area contributed by atoms with Gasteiger partial charge in [-0.25, -0.2) is 16.8 Å². The number of nitrogens with two attached hydrogens (primary N) is 2. The van der Waals surface area contributed by atoms with Gasteiger partial charge in [-0.2, -0.15) is 0 Å². The zero-order chi connectivity index (χ0) is 39.8. The van der Waals surface area contributed by atoms with Gasteiger partial charge in [-0.1, -0.05) is 102 Å². The first-order chi connectivity index (χ1) is 26.1. The van der Waals surface area contributed by atoms with Gasteiger partial charge in [0.1, 0.15) is 0 Å². The Morgan fingerprint density at radius 3 is 1.27 bits per heavy atom. The predicted molar refractivity (Wildman–Crippen MR) is 222 cm³/mol. The number of aliphatic hydroxyl groups excluding tert-OH is 2. The number of anilines is 2. The Hall–Kier alpha value is -3.70. The number of nitrogen functional groups attached to an aromatic ring is 2. The summed E-state index contributed by atoms with van der Waals surface area (Å²) in [4.78, 5) is 0.481. The molecule has 0 radical (unpaired) electrons. The topological polar surface area (TPSA) is 161 Å². The molecular formula is C45H58N2O6S2. The first kappa shape index (κ1) is 40.9. The fourth-order valence-electron chi connectivity index (χ4n) is 9.44. The van der Waals surface area contributed by atoms with Crippen molar-refractivity contribution in [2.45, 2.75) is 119 Å².